The van der Waals surface area contributed by atoms with Gasteiger partial charge < -0.3 is 16.0 Å². The Bertz CT molecular complexity index is 709. The van der Waals surface area contributed by atoms with E-state index in [0.717, 1.165) is 35.9 Å². The summed E-state index contributed by atoms with van der Waals surface area (Å²) in [6.45, 7) is 2.17. The van der Waals surface area contributed by atoms with Crippen molar-refractivity contribution in [3.63, 3.8) is 0 Å². The van der Waals surface area contributed by atoms with Gasteiger partial charge in [0.1, 0.15) is 0 Å². The van der Waals surface area contributed by atoms with Crippen LogP contribution in [-0.4, -0.2) is 41.3 Å². The van der Waals surface area contributed by atoms with E-state index in [9.17, 15) is 9.59 Å². The molecule has 6 heteroatoms. The lowest BCUT2D eigenvalue weighted by Crippen LogP contribution is -2.45. The van der Waals surface area contributed by atoms with Gasteiger partial charge in [-0.25, -0.2) is 0 Å². The summed E-state index contributed by atoms with van der Waals surface area (Å²) in [6, 6.07) is 8.04. The van der Waals surface area contributed by atoms with E-state index in [4.69, 9.17) is 5.73 Å². The van der Waals surface area contributed by atoms with Crippen molar-refractivity contribution in [1.29, 1.82) is 0 Å². The molecule has 3 rings (SSSR count). The number of primary amides is 1. The summed E-state index contributed by atoms with van der Waals surface area (Å²) >= 11 is 0. The summed E-state index contributed by atoms with van der Waals surface area (Å²) in [5, 5.41) is 4.16. The minimum Gasteiger partial charge on any atom is -0.369 e. The number of carbonyl (C=O) groups is 2. The normalized spacial score (nSPS) is 18.9. The van der Waals surface area contributed by atoms with Crippen molar-refractivity contribution < 1.29 is 9.59 Å². The lowest BCUT2D eigenvalue weighted by molar-refractivity contribution is -0.128. The second-order valence-electron chi connectivity index (χ2n) is 6.11. The van der Waals surface area contributed by atoms with Crippen LogP contribution in [0.25, 0.3) is 10.9 Å². The molecule has 1 atom stereocenters. The second-order valence-corrected chi connectivity index (χ2v) is 6.11. The molecular weight excluding hydrogens is 292 g/mol. The summed E-state index contributed by atoms with van der Waals surface area (Å²) in [4.78, 5) is 28.6. The molecule has 1 fully saturated rings. The summed E-state index contributed by atoms with van der Waals surface area (Å²) in [5.41, 5.74) is 7.41. The average Bonchev–Trinajstić information content (AvgIpc) is 3.01. The standard InChI is InChI=1S/C17H22N4O2/c18-16(22)11-21-8-2-4-13(10-21)17(23)20-9-12-3-1-5-15-14(12)6-7-19-15/h1,3,5-7,13,19H,2,4,8-11H2,(H2,18,22)(H,20,23)/t13-/m0/s1. The van der Waals surface area contributed by atoms with Crippen LogP contribution in [0.3, 0.4) is 0 Å². The van der Waals surface area contributed by atoms with E-state index in [1.54, 1.807) is 0 Å². The Kier molecular flexibility index (Phi) is 4.62. The number of rotatable bonds is 5. The highest BCUT2D eigenvalue weighted by Crippen LogP contribution is 2.19. The highest BCUT2D eigenvalue weighted by molar-refractivity contribution is 5.84. The summed E-state index contributed by atoms with van der Waals surface area (Å²) in [7, 11) is 0. The molecule has 2 aromatic rings. The van der Waals surface area contributed by atoms with Crippen molar-refractivity contribution in [3.8, 4) is 0 Å². The van der Waals surface area contributed by atoms with E-state index in [-0.39, 0.29) is 24.3 Å². The van der Waals surface area contributed by atoms with Crippen molar-refractivity contribution in [3.05, 3.63) is 36.0 Å². The van der Waals surface area contributed by atoms with Crippen LogP contribution < -0.4 is 11.1 Å². The smallest absolute Gasteiger partial charge is 0.231 e. The number of hydrogen-bond donors (Lipinski definition) is 3. The molecule has 122 valence electrons. The van der Waals surface area contributed by atoms with Gasteiger partial charge >= 0.3 is 0 Å². The molecule has 1 aliphatic rings. The first-order valence-electron chi connectivity index (χ1n) is 7.97. The van der Waals surface area contributed by atoms with E-state index < -0.39 is 0 Å². The molecule has 0 unspecified atom stereocenters. The zero-order valence-electron chi connectivity index (χ0n) is 13.0. The number of carbonyl (C=O) groups excluding carboxylic acids is 2. The van der Waals surface area contributed by atoms with Gasteiger partial charge in [-0.3, -0.25) is 14.5 Å². The van der Waals surface area contributed by atoms with E-state index in [1.165, 1.54) is 0 Å². The second kappa shape index (κ2) is 6.83. The molecule has 1 aromatic heterocycles. The Morgan fingerprint density at radius 3 is 3.04 bits per heavy atom. The molecule has 0 saturated carbocycles. The molecule has 2 heterocycles. The highest BCUT2D eigenvalue weighted by atomic mass is 16.2. The minimum atomic E-state index is -0.342. The van der Waals surface area contributed by atoms with Crippen LogP contribution in [-0.2, 0) is 16.1 Å². The van der Waals surface area contributed by atoms with Gasteiger partial charge in [0.2, 0.25) is 11.8 Å². The quantitative estimate of drug-likeness (QED) is 0.768. The van der Waals surface area contributed by atoms with Gasteiger partial charge in [-0.15, -0.1) is 0 Å². The number of nitrogens with zero attached hydrogens (tertiary/aromatic N) is 1. The first-order chi connectivity index (χ1) is 11.1. The molecule has 0 radical (unpaired) electrons. The number of aromatic nitrogens is 1. The van der Waals surface area contributed by atoms with Crippen molar-refractivity contribution in [1.82, 2.24) is 15.2 Å². The number of likely N-dealkylation sites (tertiary alicyclic amines) is 1. The third-order valence-corrected chi connectivity index (χ3v) is 4.39. The summed E-state index contributed by atoms with van der Waals surface area (Å²) in [6.07, 6.45) is 3.67. The Hall–Kier alpha value is -2.34. The Labute approximate surface area is 135 Å². The predicted octanol–water partition coefficient (Wildman–Crippen LogP) is 0.981. The zero-order chi connectivity index (χ0) is 16.2. The number of nitrogens with two attached hydrogens (primary N) is 1. The summed E-state index contributed by atoms with van der Waals surface area (Å²) < 4.78 is 0. The van der Waals surface area contributed by atoms with Crippen LogP contribution >= 0.6 is 0 Å². The maximum absolute atomic E-state index is 12.4. The maximum Gasteiger partial charge on any atom is 0.231 e. The van der Waals surface area contributed by atoms with Gasteiger partial charge in [-0.1, -0.05) is 12.1 Å². The Morgan fingerprint density at radius 1 is 1.35 bits per heavy atom. The monoisotopic (exact) mass is 314 g/mol. The van der Waals surface area contributed by atoms with Crippen LogP contribution in [0.15, 0.2) is 30.5 Å². The van der Waals surface area contributed by atoms with Crippen molar-refractivity contribution in [2.24, 2.45) is 11.7 Å². The van der Waals surface area contributed by atoms with Gasteiger partial charge in [0.15, 0.2) is 0 Å². The fourth-order valence-corrected chi connectivity index (χ4v) is 3.26. The third kappa shape index (κ3) is 3.71. The van der Waals surface area contributed by atoms with Gasteiger partial charge in [-0.05, 0) is 37.1 Å². The Balaban J connectivity index is 1.58. The number of piperidine rings is 1. The number of aromatic amines is 1. The zero-order valence-corrected chi connectivity index (χ0v) is 13.0. The number of nitrogens with one attached hydrogen (secondary N) is 2. The van der Waals surface area contributed by atoms with Gasteiger partial charge in [0.05, 0.1) is 12.5 Å². The average molecular weight is 314 g/mol. The molecule has 0 aliphatic carbocycles. The van der Waals surface area contributed by atoms with Crippen molar-refractivity contribution in [2.45, 2.75) is 19.4 Å². The molecule has 0 bridgehead atoms. The van der Waals surface area contributed by atoms with Crippen molar-refractivity contribution in [2.75, 3.05) is 19.6 Å². The van der Waals surface area contributed by atoms with Gasteiger partial charge in [0, 0.05) is 30.2 Å². The van der Waals surface area contributed by atoms with Crippen molar-refractivity contribution >= 4 is 22.7 Å². The molecule has 23 heavy (non-hydrogen) atoms. The molecular formula is C17H22N4O2. The van der Waals surface area contributed by atoms with E-state index >= 15 is 0 Å². The predicted molar refractivity (Wildman–Crippen MR) is 88.5 cm³/mol. The van der Waals surface area contributed by atoms with E-state index in [0.29, 0.717) is 13.1 Å². The highest BCUT2D eigenvalue weighted by Gasteiger charge is 2.26. The molecule has 4 N–H and O–H groups in total. The van der Waals surface area contributed by atoms with Crippen LogP contribution in [0.5, 0.6) is 0 Å². The molecule has 6 nitrogen and oxygen atoms in total. The molecule has 1 aliphatic heterocycles. The third-order valence-electron chi connectivity index (χ3n) is 4.39. The lowest BCUT2D eigenvalue weighted by atomic mass is 9.97. The number of hydrogen-bond acceptors (Lipinski definition) is 3. The topological polar surface area (TPSA) is 91.2 Å². The maximum atomic E-state index is 12.4. The Morgan fingerprint density at radius 2 is 2.22 bits per heavy atom. The fraction of sp³-hybridized carbons (Fsp3) is 0.412. The van der Waals surface area contributed by atoms with Crippen LogP contribution in [0.4, 0.5) is 0 Å². The number of amides is 2. The summed E-state index contributed by atoms with van der Waals surface area (Å²) in [5.74, 6) is -0.370. The first-order valence-corrected chi connectivity index (χ1v) is 7.97. The SMILES string of the molecule is NC(=O)CN1CCC[C@H](C(=O)NCc2cccc3[nH]ccc23)C1. The first kappa shape index (κ1) is 15.6. The molecule has 2 amide bonds. The largest absolute Gasteiger partial charge is 0.369 e. The van der Waals surface area contributed by atoms with Crippen LogP contribution in [0.2, 0.25) is 0 Å². The van der Waals surface area contributed by atoms with E-state index in [2.05, 4.69) is 10.3 Å². The van der Waals surface area contributed by atoms with Gasteiger partial charge in [0.25, 0.3) is 0 Å². The fourth-order valence-electron chi connectivity index (χ4n) is 3.26. The number of fused-ring (bicyclic) bond motifs is 1. The van der Waals surface area contributed by atoms with Crippen LogP contribution in [0.1, 0.15) is 18.4 Å². The number of benzene rings is 1. The van der Waals surface area contributed by atoms with Crippen LogP contribution in [0, 0.1) is 5.92 Å². The lowest BCUT2D eigenvalue weighted by Gasteiger charge is -2.31. The molecule has 0 spiro atoms. The molecule has 1 saturated heterocycles. The minimum absolute atomic E-state index is 0.0479. The molecule has 1 aromatic carbocycles. The van der Waals surface area contributed by atoms with Gasteiger partial charge in [-0.2, -0.15) is 0 Å². The number of H-pyrrole nitrogens is 1. The van der Waals surface area contributed by atoms with E-state index in [1.807, 2.05) is 35.4 Å².